The molecule has 1 aliphatic heterocycles. The number of benzene rings is 1. The van der Waals surface area contributed by atoms with Crippen LogP contribution in [0.25, 0.3) is 0 Å². The lowest BCUT2D eigenvalue weighted by molar-refractivity contribution is -0.0498. The van der Waals surface area contributed by atoms with Crippen LogP contribution in [-0.2, 0) is 0 Å². The summed E-state index contributed by atoms with van der Waals surface area (Å²) in [7, 11) is 0. The summed E-state index contributed by atoms with van der Waals surface area (Å²) in [5.74, 6) is 0.181. The first-order chi connectivity index (χ1) is 9.06. The van der Waals surface area contributed by atoms with E-state index < -0.39 is 6.61 Å². The van der Waals surface area contributed by atoms with Gasteiger partial charge in [0, 0.05) is 19.1 Å². The third-order valence-corrected chi connectivity index (χ3v) is 3.63. The van der Waals surface area contributed by atoms with E-state index in [1.54, 1.807) is 12.1 Å². The molecule has 1 N–H and O–H groups in total. The highest BCUT2D eigenvalue weighted by atomic mass is 19.3. The van der Waals surface area contributed by atoms with Crippen molar-refractivity contribution in [2.75, 3.05) is 13.1 Å². The molecule has 1 aliphatic rings. The van der Waals surface area contributed by atoms with Crippen molar-refractivity contribution >= 4 is 0 Å². The number of rotatable bonds is 4. The van der Waals surface area contributed by atoms with Gasteiger partial charge in [0.05, 0.1) is 6.10 Å². The van der Waals surface area contributed by atoms with Crippen LogP contribution in [0.5, 0.6) is 5.75 Å². The highest BCUT2D eigenvalue weighted by Crippen LogP contribution is 2.26. The summed E-state index contributed by atoms with van der Waals surface area (Å²) in [6.45, 7) is 1.02. The second-order valence-electron chi connectivity index (χ2n) is 4.89. The maximum Gasteiger partial charge on any atom is 0.387 e. The first-order valence-electron chi connectivity index (χ1n) is 6.53. The number of ether oxygens (including phenoxy) is 1. The number of halogens is 2. The van der Waals surface area contributed by atoms with E-state index >= 15 is 0 Å². The number of hydrogen-bond acceptors (Lipinski definition) is 3. The van der Waals surface area contributed by atoms with Crippen LogP contribution in [0.1, 0.15) is 31.4 Å². The van der Waals surface area contributed by atoms with Crippen molar-refractivity contribution < 1.29 is 18.6 Å². The van der Waals surface area contributed by atoms with Crippen molar-refractivity contribution in [3.05, 3.63) is 29.8 Å². The Morgan fingerprint density at radius 2 is 1.79 bits per heavy atom. The molecule has 0 saturated carbocycles. The third kappa shape index (κ3) is 3.88. The van der Waals surface area contributed by atoms with Gasteiger partial charge in [-0.25, -0.2) is 0 Å². The van der Waals surface area contributed by atoms with Gasteiger partial charge in [-0.05, 0) is 37.5 Å². The lowest BCUT2D eigenvalue weighted by Gasteiger charge is -2.34. The van der Waals surface area contributed by atoms with E-state index in [4.69, 9.17) is 0 Å². The summed E-state index contributed by atoms with van der Waals surface area (Å²) in [6.07, 6.45) is 1.39. The van der Waals surface area contributed by atoms with Crippen LogP contribution in [0.3, 0.4) is 0 Å². The number of aliphatic hydroxyl groups is 1. The summed E-state index contributed by atoms with van der Waals surface area (Å²) >= 11 is 0. The lowest BCUT2D eigenvalue weighted by atomic mass is 10.0. The molecule has 0 aromatic heterocycles. The van der Waals surface area contributed by atoms with Crippen molar-refractivity contribution in [1.82, 2.24) is 4.90 Å². The van der Waals surface area contributed by atoms with Gasteiger partial charge in [0.15, 0.2) is 0 Å². The molecule has 19 heavy (non-hydrogen) atoms. The first kappa shape index (κ1) is 14.2. The minimum absolute atomic E-state index is 0.181. The maximum atomic E-state index is 12.1. The molecule has 0 amide bonds. The van der Waals surface area contributed by atoms with E-state index in [-0.39, 0.29) is 17.9 Å². The second-order valence-corrected chi connectivity index (χ2v) is 4.89. The zero-order valence-corrected chi connectivity index (χ0v) is 10.9. The zero-order valence-electron chi connectivity index (χ0n) is 10.9. The number of alkyl halides is 2. The third-order valence-electron chi connectivity index (χ3n) is 3.63. The quantitative estimate of drug-likeness (QED) is 0.914. The normalized spacial score (nSPS) is 19.6. The molecule has 1 atom stereocenters. The summed E-state index contributed by atoms with van der Waals surface area (Å²) in [5, 5.41) is 9.49. The average molecular weight is 271 g/mol. The fraction of sp³-hybridized carbons (Fsp3) is 0.571. The Kier molecular flexibility index (Phi) is 4.71. The number of aliphatic hydroxyl groups excluding tert-OH is 1. The maximum absolute atomic E-state index is 12.1. The molecule has 1 fully saturated rings. The van der Waals surface area contributed by atoms with Gasteiger partial charge in [-0.15, -0.1) is 0 Å². The van der Waals surface area contributed by atoms with Crippen molar-refractivity contribution in [3.63, 3.8) is 0 Å². The Morgan fingerprint density at radius 3 is 2.32 bits per heavy atom. The van der Waals surface area contributed by atoms with Crippen LogP contribution in [0.2, 0.25) is 0 Å². The highest BCUT2D eigenvalue weighted by Gasteiger charge is 2.22. The smallest absolute Gasteiger partial charge is 0.387 e. The van der Waals surface area contributed by atoms with Crippen LogP contribution < -0.4 is 4.74 Å². The Balaban J connectivity index is 1.97. The minimum atomic E-state index is -2.79. The molecule has 0 radical (unpaired) electrons. The van der Waals surface area contributed by atoms with Crippen molar-refractivity contribution in [2.45, 2.75) is 38.5 Å². The Hall–Kier alpha value is -1.20. The van der Waals surface area contributed by atoms with Crippen LogP contribution in [0.15, 0.2) is 24.3 Å². The number of likely N-dealkylation sites (tertiary alicyclic amines) is 1. The molecule has 3 nitrogen and oxygen atoms in total. The van der Waals surface area contributed by atoms with Crippen LogP contribution in [0.4, 0.5) is 8.78 Å². The lowest BCUT2D eigenvalue weighted by Crippen LogP contribution is -2.37. The summed E-state index contributed by atoms with van der Waals surface area (Å²) in [6, 6.07) is 6.97. The molecule has 1 saturated heterocycles. The summed E-state index contributed by atoms with van der Waals surface area (Å²) in [4.78, 5) is 2.29. The van der Waals surface area contributed by atoms with Crippen molar-refractivity contribution in [2.24, 2.45) is 0 Å². The molecule has 1 heterocycles. The van der Waals surface area contributed by atoms with Crippen LogP contribution >= 0.6 is 0 Å². The fourth-order valence-corrected chi connectivity index (χ4v) is 2.41. The van der Waals surface area contributed by atoms with Crippen molar-refractivity contribution in [3.8, 4) is 5.75 Å². The van der Waals surface area contributed by atoms with E-state index in [1.807, 2.05) is 12.1 Å². The fourth-order valence-electron chi connectivity index (χ4n) is 2.41. The molecular formula is C14H19F2NO2. The van der Waals surface area contributed by atoms with Crippen molar-refractivity contribution in [1.29, 1.82) is 0 Å². The predicted molar refractivity (Wildman–Crippen MR) is 68.3 cm³/mol. The minimum Gasteiger partial charge on any atom is -0.435 e. The monoisotopic (exact) mass is 271 g/mol. The molecule has 0 bridgehead atoms. The molecule has 1 aromatic rings. The summed E-state index contributed by atoms with van der Waals surface area (Å²) < 4.78 is 28.4. The Morgan fingerprint density at radius 1 is 1.21 bits per heavy atom. The van der Waals surface area contributed by atoms with E-state index in [0.717, 1.165) is 31.5 Å². The van der Waals surface area contributed by atoms with E-state index in [1.165, 1.54) is 0 Å². The topological polar surface area (TPSA) is 32.7 Å². The molecular weight excluding hydrogens is 252 g/mol. The Bertz CT molecular complexity index is 389. The van der Waals surface area contributed by atoms with Gasteiger partial charge in [-0.3, -0.25) is 4.90 Å². The predicted octanol–water partition coefficient (Wildman–Crippen LogP) is 2.81. The first-order valence-corrected chi connectivity index (χ1v) is 6.53. The van der Waals surface area contributed by atoms with Gasteiger partial charge in [0.1, 0.15) is 5.75 Å². The highest BCUT2D eigenvalue weighted by molar-refractivity contribution is 5.29. The van der Waals surface area contributed by atoms with Gasteiger partial charge < -0.3 is 9.84 Å². The van der Waals surface area contributed by atoms with E-state index in [0.29, 0.717) is 0 Å². The largest absolute Gasteiger partial charge is 0.435 e. The van der Waals surface area contributed by atoms with Crippen LogP contribution in [-0.4, -0.2) is 35.8 Å². The van der Waals surface area contributed by atoms with Gasteiger partial charge in [-0.1, -0.05) is 12.1 Å². The Labute approximate surface area is 111 Å². The second kappa shape index (κ2) is 6.30. The molecule has 1 aromatic carbocycles. The average Bonchev–Trinajstić information content (AvgIpc) is 2.39. The SMILES string of the molecule is CC(c1ccc(OC(F)F)cc1)N1CCC(O)CC1. The molecule has 5 heteroatoms. The van der Waals surface area contributed by atoms with Gasteiger partial charge in [-0.2, -0.15) is 8.78 Å². The van der Waals surface area contributed by atoms with E-state index in [9.17, 15) is 13.9 Å². The molecule has 2 rings (SSSR count). The number of hydrogen-bond donors (Lipinski definition) is 1. The number of nitrogens with zero attached hydrogens (tertiary/aromatic N) is 1. The molecule has 106 valence electrons. The molecule has 0 aliphatic carbocycles. The molecule has 1 unspecified atom stereocenters. The summed E-state index contributed by atoms with van der Waals surface area (Å²) in [5.41, 5.74) is 1.07. The number of piperidine rings is 1. The standard InChI is InChI=1S/C14H19F2NO2/c1-10(17-8-6-12(18)7-9-17)11-2-4-13(5-3-11)19-14(15)16/h2-5,10,12,14,18H,6-9H2,1H3. The van der Waals surface area contributed by atoms with Gasteiger partial charge in [0.2, 0.25) is 0 Å². The van der Waals surface area contributed by atoms with Gasteiger partial charge >= 0.3 is 6.61 Å². The van der Waals surface area contributed by atoms with Gasteiger partial charge in [0.25, 0.3) is 0 Å². The van der Waals surface area contributed by atoms with Crippen LogP contribution in [0, 0.1) is 0 Å². The molecule has 0 spiro atoms. The zero-order chi connectivity index (χ0) is 13.8. The van der Waals surface area contributed by atoms with E-state index in [2.05, 4.69) is 16.6 Å².